The first kappa shape index (κ1) is 16.1. The van der Waals surface area contributed by atoms with E-state index >= 15 is 0 Å². The van der Waals surface area contributed by atoms with Gasteiger partial charge < -0.3 is 14.5 Å². The van der Waals surface area contributed by atoms with Gasteiger partial charge in [0.25, 0.3) is 15.9 Å². The van der Waals surface area contributed by atoms with Gasteiger partial charge in [-0.1, -0.05) is 12.1 Å². The Labute approximate surface area is 128 Å². The van der Waals surface area contributed by atoms with Crippen LogP contribution in [0.15, 0.2) is 45.9 Å². The second kappa shape index (κ2) is 6.63. The SMILES string of the molecule is COc1cccc(CCNC(=O)c2ccc(S(N)(=O)=O)o2)c1. The number of nitrogens with two attached hydrogens (primary N) is 1. The minimum atomic E-state index is -3.95. The molecule has 0 aliphatic carbocycles. The van der Waals surface area contributed by atoms with Gasteiger partial charge in [-0.2, -0.15) is 0 Å². The van der Waals surface area contributed by atoms with Gasteiger partial charge in [0, 0.05) is 6.54 Å². The van der Waals surface area contributed by atoms with E-state index in [9.17, 15) is 13.2 Å². The number of hydrogen-bond acceptors (Lipinski definition) is 5. The van der Waals surface area contributed by atoms with E-state index < -0.39 is 21.0 Å². The molecule has 2 rings (SSSR count). The van der Waals surface area contributed by atoms with Crippen molar-refractivity contribution >= 4 is 15.9 Å². The quantitative estimate of drug-likeness (QED) is 0.820. The molecule has 0 atom stereocenters. The minimum Gasteiger partial charge on any atom is -0.497 e. The third kappa shape index (κ3) is 4.09. The number of sulfonamides is 1. The molecule has 0 aliphatic rings. The van der Waals surface area contributed by atoms with E-state index in [0.29, 0.717) is 13.0 Å². The molecule has 1 amide bonds. The van der Waals surface area contributed by atoms with Crippen molar-refractivity contribution in [1.82, 2.24) is 5.32 Å². The third-order valence-corrected chi connectivity index (χ3v) is 3.70. The van der Waals surface area contributed by atoms with Crippen LogP contribution in [0.3, 0.4) is 0 Å². The number of carbonyl (C=O) groups excluding carboxylic acids is 1. The molecule has 0 aliphatic heterocycles. The number of carbonyl (C=O) groups is 1. The van der Waals surface area contributed by atoms with Gasteiger partial charge in [-0.05, 0) is 36.2 Å². The van der Waals surface area contributed by atoms with E-state index in [2.05, 4.69) is 5.32 Å². The lowest BCUT2D eigenvalue weighted by Crippen LogP contribution is -2.25. The van der Waals surface area contributed by atoms with Crippen LogP contribution in [0.1, 0.15) is 16.1 Å². The number of benzene rings is 1. The van der Waals surface area contributed by atoms with Crippen molar-refractivity contribution in [2.45, 2.75) is 11.5 Å². The van der Waals surface area contributed by atoms with Crippen LogP contribution in [-0.2, 0) is 16.4 Å². The molecule has 0 spiro atoms. The van der Waals surface area contributed by atoms with Crippen molar-refractivity contribution in [2.75, 3.05) is 13.7 Å². The first-order chi connectivity index (χ1) is 10.4. The van der Waals surface area contributed by atoms with E-state index in [1.165, 1.54) is 6.07 Å². The Morgan fingerprint density at radius 3 is 2.73 bits per heavy atom. The normalized spacial score (nSPS) is 11.2. The highest BCUT2D eigenvalue weighted by molar-refractivity contribution is 7.89. The monoisotopic (exact) mass is 324 g/mol. The summed E-state index contributed by atoms with van der Waals surface area (Å²) < 4.78 is 32.2. The molecular weight excluding hydrogens is 308 g/mol. The highest BCUT2D eigenvalue weighted by atomic mass is 32.2. The summed E-state index contributed by atoms with van der Waals surface area (Å²) in [5.74, 6) is 0.139. The van der Waals surface area contributed by atoms with Crippen molar-refractivity contribution in [3.05, 3.63) is 47.7 Å². The van der Waals surface area contributed by atoms with E-state index in [-0.39, 0.29) is 5.76 Å². The van der Waals surface area contributed by atoms with Crippen LogP contribution < -0.4 is 15.2 Å². The molecule has 0 unspecified atom stereocenters. The molecule has 1 aromatic heterocycles. The molecule has 8 heteroatoms. The number of rotatable bonds is 6. The largest absolute Gasteiger partial charge is 0.497 e. The van der Waals surface area contributed by atoms with E-state index in [1.807, 2.05) is 24.3 Å². The zero-order valence-corrected chi connectivity index (χ0v) is 12.7. The van der Waals surface area contributed by atoms with Gasteiger partial charge in [-0.15, -0.1) is 0 Å². The minimum absolute atomic E-state index is 0.102. The van der Waals surface area contributed by atoms with Gasteiger partial charge in [-0.25, -0.2) is 13.6 Å². The molecule has 118 valence electrons. The Balaban J connectivity index is 1.91. The summed E-state index contributed by atoms with van der Waals surface area (Å²) in [5, 5.41) is 7.11. The fourth-order valence-corrected chi connectivity index (χ4v) is 2.29. The Bertz CT molecular complexity index is 767. The van der Waals surface area contributed by atoms with Gasteiger partial charge in [0.1, 0.15) is 5.75 Å². The summed E-state index contributed by atoms with van der Waals surface area (Å²) in [6.45, 7) is 0.372. The summed E-state index contributed by atoms with van der Waals surface area (Å²) in [6, 6.07) is 9.90. The molecular formula is C14H16N2O5S. The lowest BCUT2D eigenvalue weighted by molar-refractivity contribution is 0.0921. The Morgan fingerprint density at radius 2 is 2.09 bits per heavy atom. The maximum Gasteiger partial charge on any atom is 0.287 e. The lowest BCUT2D eigenvalue weighted by atomic mass is 10.1. The van der Waals surface area contributed by atoms with Crippen molar-refractivity contribution in [3.63, 3.8) is 0 Å². The Kier molecular flexibility index (Phi) is 4.84. The summed E-state index contributed by atoms with van der Waals surface area (Å²) in [5.41, 5.74) is 1.00. The van der Waals surface area contributed by atoms with Crippen LogP contribution in [0.4, 0.5) is 0 Å². The van der Waals surface area contributed by atoms with Crippen LogP contribution in [0.2, 0.25) is 0 Å². The van der Waals surface area contributed by atoms with Crippen molar-refractivity contribution in [2.24, 2.45) is 5.14 Å². The van der Waals surface area contributed by atoms with Gasteiger partial charge in [-0.3, -0.25) is 4.79 Å². The van der Waals surface area contributed by atoms with Crippen LogP contribution in [0.25, 0.3) is 0 Å². The summed E-state index contributed by atoms with van der Waals surface area (Å²) in [4.78, 5) is 11.8. The molecule has 22 heavy (non-hydrogen) atoms. The highest BCUT2D eigenvalue weighted by Crippen LogP contribution is 2.13. The number of nitrogens with one attached hydrogen (secondary N) is 1. The van der Waals surface area contributed by atoms with Crippen LogP contribution in [-0.4, -0.2) is 28.0 Å². The number of amides is 1. The maximum atomic E-state index is 11.8. The summed E-state index contributed by atoms with van der Waals surface area (Å²) >= 11 is 0. The number of furan rings is 1. The second-order valence-electron chi connectivity index (χ2n) is 4.52. The van der Waals surface area contributed by atoms with Gasteiger partial charge >= 0.3 is 0 Å². The number of primary sulfonamides is 1. The standard InChI is InChI=1S/C14H16N2O5S/c1-20-11-4-2-3-10(9-11)7-8-16-14(17)12-5-6-13(21-12)22(15,18)19/h2-6,9H,7-8H2,1H3,(H,16,17)(H2,15,18,19). The van der Waals surface area contributed by atoms with Crippen molar-refractivity contribution in [3.8, 4) is 5.75 Å². The predicted molar refractivity (Wildman–Crippen MR) is 79.1 cm³/mol. The van der Waals surface area contributed by atoms with Crippen LogP contribution >= 0.6 is 0 Å². The molecule has 0 bridgehead atoms. The smallest absolute Gasteiger partial charge is 0.287 e. The summed E-state index contributed by atoms with van der Waals surface area (Å²) in [7, 11) is -2.36. The average Bonchev–Trinajstić information content (AvgIpc) is 2.97. The number of hydrogen-bond donors (Lipinski definition) is 2. The summed E-state index contributed by atoms with van der Waals surface area (Å²) in [6.07, 6.45) is 0.603. The van der Waals surface area contributed by atoms with Crippen molar-refractivity contribution < 1.29 is 22.4 Å². The topological polar surface area (TPSA) is 112 Å². The van der Waals surface area contributed by atoms with Crippen molar-refractivity contribution in [1.29, 1.82) is 0 Å². The first-order valence-electron chi connectivity index (χ1n) is 6.44. The zero-order valence-electron chi connectivity index (χ0n) is 11.9. The Hall–Kier alpha value is -2.32. The molecule has 2 aromatic rings. The van der Waals surface area contributed by atoms with Gasteiger partial charge in [0.15, 0.2) is 5.76 Å². The molecule has 1 heterocycles. The number of methoxy groups -OCH3 is 1. The second-order valence-corrected chi connectivity index (χ2v) is 6.01. The molecule has 3 N–H and O–H groups in total. The Morgan fingerprint density at radius 1 is 1.32 bits per heavy atom. The molecule has 0 saturated heterocycles. The third-order valence-electron chi connectivity index (χ3n) is 2.92. The molecule has 7 nitrogen and oxygen atoms in total. The average molecular weight is 324 g/mol. The first-order valence-corrected chi connectivity index (χ1v) is 7.98. The molecule has 0 radical (unpaired) electrons. The predicted octanol–water partition coefficient (Wildman–Crippen LogP) is 0.908. The fourth-order valence-electron chi connectivity index (χ4n) is 1.83. The zero-order chi connectivity index (χ0) is 16.2. The van der Waals surface area contributed by atoms with Gasteiger partial charge in [0.2, 0.25) is 5.09 Å². The molecule has 0 saturated carbocycles. The fraction of sp³-hybridized carbons (Fsp3) is 0.214. The highest BCUT2D eigenvalue weighted by Gasteiger charge is 2.17. The lowest BCUT2D eigenvalue weighted by Gasteiger charge is -2.05. The molecule has 1 aromatic carbocycles. The van der Waals surface area contributed by atoms with E-state index in [1.54, 1.807) is 7.11 Å². The van der Waals surface area contributed by atoms with Crippen LogP contribution in [0.5, 0.6) is 5.75 Å². The van der Waals surface area contributed by atoms with Crippen LogP contribution in [0, 0.1) is 0 Å². The number of ether oxygens (including phenoxy) is 1. The maximum absolute atomic E-state index is 11.8. The molecule has 0 fully saturated rings. The van der Waals surface area contributed by atoms with E-state index in [4.69, 9.17) is 14.3 Å². The van der Waals surface area contributed by atoms with E-state index in [0.717, 1.165) is 17.4 Å². The van der Waals surface area contributed by atoms with Gasteiger partial charge in [0.05, 0.1) is 7.11 Å².